The van der Waals surface area contributed by atoms with Gasteiger partial charge in [-0.1, -0.05) is 25.1 Å². The van der Waals surface area contributed by atoms with Gasteiger partial charge in [-0.2, -0.15) is 0 Å². The first-order valence-corrected chi connectivity index (χ1v) is 8.31. The Bertz CT molecular complexity index is 720. The predicted molar refractivity (Wildman–Crippen MR) is 82.8 cm³/mol. The lowest BCUT2D eigenvalue weighted by Gasteiger charge is -2.10. The molecule has 2 rings (SSSR count). The van der Waals surface area contributed by atoms with Crippen LogP contribution < -0.4 is 10.0 Å². The van der Waals surface area contributed by atoms with Crippen molar-refractivity contribution < 1.29 is 12.8 Å². The fourth-order valence-corrected chi connectivity index (χ4v) is 3.49. The second kappa shape index (κ2) is 6.32. The van der Waals surface area contributed by atoms with Crippen molar-refractivity contribution in [2.45, 2.75) is 31.7 Å². The van der Waals surface area contributed by atoms with Crippen LogP contribution in [0.25, 0.3) is 0 Å². The van der Waals surface area contributed by atoms with Crippen LogP contribution in [0.1, 0.15) is 24.0 Å². The quantitative estimate of drug-likeness (QED) is 0.860. The maximum absolute atomic E-state index is 12.5. The molecule has 0 fully saturated rings. The van der Waals surface area contributed by atoms with Crippen LogP contribution in [0, 0.1) is 6.92 Å². The van der Waals surface area contributed by atoms with E-state index in [1.54, 1.807) is 26.1 Å². The molecule has 21 heavy (non-hydrogen) atoms. The van der Waals surface area contributed by atoms with Crippen molar-refractivity contribution in [2.24, 2.45) is 0 Å². The summed E-state index contributed by atoms with van der Waals surface area (Å²) in [5.41, 5.74) is 1.56. The van der Waals surface area contributed by atoms with Crippen LogP contribution in [0.2, 0.25) is 0 Å². The van der Waals surface area contributed by atoms with Gasteiger partial charge in [-0.25, -0.2) is 8.42 Å². The number of benzene rings is 1. The number of hydrogen-bond acceptors (Lipinski definition) is 4. The van der Waals surface area contributed by atoms with Crippen LogP contribution in [-0.2, 0) is 23.0 Å². The van der Waals surface area contributed by atoms with Crippen LogP contribution in [0.4, 0.5) is 5.69 Å². The van der Waals surface area contributed by atoms with Gasteiger partial charge in [0.25, 0.3) is 10.0 Å². The average Bonchev–Trinajstić information content (AvgIpc) is 2.81. The zero-order chi connectivity index (χ0) is 15.5. The third-order valence-electron chi connectivity index (χ3n) is 3.21. The van der Waals surface area contributed by atoms with Gasteiger partial charge in [-0.3, -0.25) is 4.72 Å². The van der Waals surface area contributed by atoms with Gasteiger partial charge in [0.1, 0.15) is 16.4 Å². The Morgan fingerprint density at radius 3 is 2.62 bits per heavy atom. The zero-order valence-electron chi connectivity index (χ0n) is 12.4. The van der Waals surface area contributed by atoms with Gasteiger partial charge in [0.05, 0.1) is 12.2 Å². The molecule has 0 aliphatic rings. The van der Waals surface area contributed by atoms with E-state index in [0.717, 1.165) is 12.0 Å². The molecule has 6 heteroatoms. The molecule has 0 radical (unpaired) electrons. The topological polar surface area (TPSA) is 71.3 Å². The van der Waals surface area contributed by atoms with E-state index in [4.69, 9.17) is 4.42 Å². The molecular formula is C15H20N2O3S. The Morgan fingerprint density at radius 2 is 1.95 bits per heavy atom. The molecule has 2 aromatic rings. The molecule has 0 atom stereocenters. The summed E-state index contributed by atoms with van der Waals surface area (Å²) in [5, 5.41) is 2.93. The number of sulfonamides is 1. The zero-order valence-corrected chi connectivity index (χ0v) is 13.3. The first-order valence-electron chi connectivity index (χ1n) is 6.82. The first-order chi connectivity index (χ1) is 9.97. The Hall–Kier alpha value is -1.79. The molecule has 5 nitrogen and oxygen atoms in total. The van der Waals surface area contributed by atoms with Gasteiger partial charge in [-0.05, 0) is 32.0 Å². The SMILES string of the molecule is CCc1ccccc1NS(=O)(=O)c1cc(CNC)oc1C. The van der Waals surface area contributed by atoms with Crippen LogP contribution >= 0.6 is 0 Å². The van der Waals surface area contributed by atoms with Crippen molar-refractivity contribution in [1.82, 2.24) is 5.32 Å². The highest BCUT2D eigenvalue weighted by molar-refractivity contribution is 7.92. The van der Waals surface area contributed by atoms with Crippen LogP contribution in [0.5, 0.6) is 0 Å². The minimum atomic E-state index is -3.65. The minimum absolute atomic E-state index is 0.179. The highest BCUT2D eigenvalue weighted by Crippen LogP contribution is 2.24. The summed E-state index contributed by atoms with van der Waals surface area (Å²) in [4.78, 5) is 0.179. The summed E-state index contributed by atoms with van der Waals surface area (Å²) in [6, 6.07) is 8.94. The van der Waals surface area contributed by atoms with Crippen molar-refractivity contribution >= 4 is 15.7 Å². The normalized spacial score (nSPS) is 11.6. The number of nitrogens with one attached hydrogen (secondary N) is 2. The fraction of sp³-hybridized carbons (Fsp3) is 0.333. The Kier molecular flexibility index (Phi) is 4.69. The summed E-state index contributed by atoms with van der Waals surface area (Å²) < 4.78 is 33.1. The molecule has 0 bridgehead atoms. The van der Waals surface area contributed by atoms with Gasteiger partial charge >= 0.3 is 0 Å². The summed E-state index contributed by atoms with van der Waals surface area (Å²) in [6.45, 7) is 4.13. The van der Waals surface area contributed by atoms with Gasteiger partial charge in [0.15, 0.2) is 0 Å². The summed E-state index contributed by atoms with van der Waals surface area (Å²) >= 11 is 0. The molecule has 1 aromatic heterocycles. The lowest BCUT2D eigenvalue weighted by atomic mass is 10.1. The molecule has 0 unspecified atom stereocenters. The lowest BCUT2D eigenvalue weighted by Crippen LogP contribution is -2.14. The molecule has 1 heterocycles. The third kappa shape index (κ3) is 3.46. The van der Waals surface area contributed by atoms with E-state index in [1.165, 1.54) is 0 Å². The maximum atomic E-state index is 12.5. The van der Waals surface area contributed by atoms with E-state index in [2.05, 4.69) is 10.0 Å². The molecule has 2 N–H and O–H groups in total. The predicted octanol–water partition coefficient (Wildman–Crippen LogP) is 2.67. The second-order valence-electron chi connectivity index (χ2n) is 4.78. The summed E-state index contributed by atoms with van der Waals surface area (Å²) in [7, 11) is -1.87. The van der Waals surface area contributed by atoms with Gasteiger partial charge < -0.3 is 9.73 Å². The fourth-order valence-electron chi connectivity index (χ4n) is 2.18. The van der Waals surface area contributed by atoms with Crippen LogP contribution in [-0.4, -0.2) is 15.5 Å². The van der Waals surface area contributed by atoms with E-state index >= 15 is 0 Å². The monoisotopic (exact) mass is 308 g/mol. The molecule has 0 saturated carbocycles. The average molecular weight is 308 g/mol. The van der Waals surface area contributed by atoms with Crippen molar-refractivity contribution in [3.8, 4) is 0 Å². The highest BCUT2D eigenvalue weighted by Gasteiger charge is 2.22. The molecule has 0 aliphatic heterocycles. The summed E-state index contributed by atoms with van der Waals surface area (Å²) in [6.07, 6.45) is 0.758. The van der Waals surface area contributed by atoms with E-state index < -0.39 is 10.0 Å². The standard InChI is InChI=1S/C15H20N2O3S/c1-4-12-7-5-6-8-14(12)17-21(18,19)15-9-13(10-16-3)20-11(15)2/h5-9,16-17H,4,10H2,1-3H3. The van der Waals surface area contributed by atoms with Gasteiger partial charge in [0, 0.05) is 6.07 Å². The Balaban J connectivity index is 2.34. The Morgan fingerprint density at radius 1 is 1.24 bits per heavy atom. The van der Waals surface area contributed by atoms with E-state index in [0.29, 0.717) is 23.8 Å². The highest BCUT2D eigenvalue weighted by atomic mass is 32.2. The van der Waals surface area contributed by atoms with Crippen LogP contribution in [0.15, 0.2) is 39.6 Å². The minimum Gasteiger partial charge on any atom is -0.464 e. The van der Waals surface area contributed by atoms with Gasteiger partial charge in [-0.15, -0.1) is 0 Å². The molecule has 114 valence electrons. The summed E-state index contributed by atoms with van der Waals surface area (Å²) in [5.74, 6) is 0.987. The number of rotatable bonds is 6. The number of furan rings is 1. The smallest absolute Gasteiger partial charge is 0.265 e. The number of para-hydroxylation sites is 1. The second-order valence-corrected chi connectivity index (χ2v) is 6.43. The van der Waals surface area contributed by atoms with Gasteiger partial charge in [0.2, 0.25) is 0 Å². The van der Waals surface area contributed by atoms with Crippen molar-refractivity contribution in [3.63, 3.8) is 0 Å². The maximum Gasteiger partial charge on any atom is 0.265 e. The molecule has 0 aliphatic carbocycles. The lowest BCUT2D eigenvalue weighted by molar-refractivity contribution is 0.466. The van der Waals surface area contributed by atoms with E-state index in [9.17, 15) is 8.42 Å². The van der Waals surface area contributed by atoms with Crippen molar-refractivity contribution in [3.05, 3.63) is 47.4 Å². The Labute approximate surface area is 125 Å². The number of anilines is 1. The largest absolute Gasteiger partial charge is 0.464 e. The molecule has 0 spiro atoms. The number of aryl methyl sites for hydroxylation is 2. The van der Waals surface area contributed by atoms with Crippen molar-refractivity contribution in [2.75, 3.05) is 11.8 Å². The molecule has 0 saturated heterocycles. The molecule has 0 amide bonds. The molecular weight excluding hydrogens is 288 g/mol. The van der Waals surface area contributed by atoms with E-state index in [-0.39, 0.29) is 4.90 Å². The third-order valence-corrected chi connectivity index (χ3v) is 4.68. The van der Waals surface area contributed by atoms with Crippen LogP contribution in [0.3, 0.4) is 0 Å². The first kappa shape index (κ1) is 15.6. The van der Waals surface area contributed by atoms with Crippen molar-refractivity contribution in [1.29, 1.82) is 0 Å². The number of hydrogen-bond donors (Lipinski definition) is 2. The van der Waals surface area contributed by atoms with E-state index in [1.807, 2.05) is 25.1 Å². The molecule has 1 aromatic carbocycles.